The van der Waals surface area contributed by atoms with Crippen LogP contribution in [0.2, 0.25) is 0 Å². The van der Waals surface area contributed by atoms with Gasteiger partial charge in [0.15, 0.2) is 5.89 Å². The quantitative estimate of drug-likeness (QED) is 0.525. The molecular formula is C21H20N2O4S. The number of nitrogens with one attached hydrogen (secondary N) is 1. The summed E-state index contributed by atoms with van der Waals surface area (Å²) in [6.07, 6.45) is 2.01. The Morgan fingerprint density at radius 2 is 1.86 bits per heavy atom. The monoisotopic (exact) mass is 396 g/mol. The molecule has 0 bridgehead atoms. The van der Waals surface area contributed by atoms with Crippen molar-refractivity contribution in [3.8, 4) is 11.3 Å². The van der Waals surface area contributed by atoms with Crippen molar-refractivity contribution in [3.63, 3.8) is 0 Å². The first-order valence-corrected chi connectivity index (χ1v) is 10.4. The van der Waals surface area contributed by atoms with E-state index in [4.69, 9.17) is 8.83 Å². The zero-order valence-electron chi connectivity index (χ0n) is 15.5. The van der Waals surface area contributed by atoms with E-state index in [1.807, 2.05) is 37.3 Å². The minimum atomic E-state index is -3.64. The summed E-state index contributed by atoms with van der Waals surface area (Å²) in [6.45, 7) is 3.58. The van der Waals surface area contributed by atoms with Gasteiger partial charge in [-0.1, -0.05) is 30.3 Å². The lowest BCUT2D eigenvalue weighted by atomic mass is 10.2. The molecule has 0 radical (unpaired) electrons. The highest BCUT2D eigenvalue weighted by atomic mass is 32.2. The number of hydrogen-bond acceptors (Lipinski definition) is 5. The average molecular weight is 396 g/mol. The molecule has 0 aliphatic rings. The van der Waals surface area contributed by atoms with Crippen molar-refractivity contribution in [2.24, 2.45) is 0 Å². The number of nitrogens with zero attached hydrogens (tertiary/aromatic N) is 1. The molecule has 7 heteroatoms. The van der Waals surface area contributed by atoms with Crippen LogP contribution in [0.25, 0.3) is 22.2 Å². The average Bonchev–Trinajstić information content (AvgIpc) is 3.26. The summed E-state index contributed by atoms with van der Waals surface area (Å²) < 4.78 is 39.0. The van der Waals surface area contributed by atoms with Crippen LogP contribution in [-0.4, -0.2) is 19.4 Å². The fourth-order valence-electron chi connectivity index (χ4n) is 3.11. The van der Waals surface area contributed by atoms with Crippen LogP contribution in [0.5, 0.6) is 0 Å². The minimum Gasteiger partial charge on any atom is -0.461 e. The van der Waals surface area contributed by atoms with E-state index in [1.165, 1.54) is 0 Å². The molecule has 144 valence electrons. The molecule has 4 rings (SSSR count). The molecule has 2 heterocycles. The van der Waals surface area contributed by atoms with Crippen molar-refractivity contribution < 1.29 is 17.3 Å². The standard InChI is InChI=1S/C21H20N2O4S/c1-14(11-18-12-17-5-3-4-6-21(17)27-18)23-28(24,25)19-9-7-16(8-10-19)20-13-26-15(2)22-20/h3-10,12-14,23H,11H2,1-2H3. The molecule has 0 saturated carbocycles. The van der Waals surface area contributed by atoms with Gasteiger partial charge in [0.05, 0.1) is 4.90 Å². The molecule has 0 saturated heterocycles. The first kappa shape index (κ1) is 18.5. The van der Waals surface area contributed by atoms with Crippen LogP contribution in [0.15, 0.2) is 74.6 Å². The molecule has 1 unspecified atom stereocenters. The third kappa shape index (κ3) is 3.85. The van der Waals surface area contributed by atoms with E-state index in [0.717, 1.165) is 22.3 Å². The van der Waals surface area contributed by atoms with Gasteiger partial charge in [-0.2, -0.15) is 0 Å². The fraction of sp³-hybridized carbons (Fsp3) is 0.190. The second kappa shape index (κ2) is 7.26. The summed E-state index contributed by atoms with van der Waals surface area (Å²) in [5.74, 6) is 1.31. The number of para-hydroxylation sites is 1. The Hall–Kier alpha value is -2.90. The number of hydrogen-bond donors (Lipinski definition) is 1. The van der Waals surface area contributed by atoms with Crippen LogP contribution in [-0.2, 0) is 16.4 Å². The third-order valence-electron chi connectivity index (χ3n) is 4.42. The lowest BCUT2D eigenvalue weighted by Gasteiger charge is -2.13. The number of aryl methyl sites for hydroxylation is 1. The van der Waals surface area contributed by atoms with Gasteiger partial charge in [-0.05, 0) is 31.2 Å². The van der Waals surface area contributed by atoms with Crippen molar-refractivity contribution in [1.82, 2.24) is 9.71 Å². The maximum Gasteiger partial charge on any atom is 0.240 e. The van der Waals surface area contributed by atoms with E-state index in [1.54, 1.807) is 37.5 Å². The van der Waals surface area contributed by atoms with Gasteiger partial charge < -0.3 is 8.83 Å². The van der Waals surface area contributed by atoms with E-state index in [9.17, 15) is 8.42 Å². The Morgan fingerprint density at radius 3 is 2.54 bits per heavy atom. The Kier molecular flexibility index (Phi) is 4.78. The second-order valence-electron chi connectivity index (χ2n) is 6.75. The van der Waals surface area contributed by atoms with E-state index in [-0.39, 0.29) is 10.9 Å². The molecule has 0 fully saturated rings. The Balaban J connectivity index is 1.46. The topological polar surface area (TPSA) is 85.3 Å². The summed E-state index contributed by atoms with van der Waals surface area (Å²) in [6, 6.07) is 15.9. The van der Waals surface area contributed by atoms with Crippen LogP contribution in [0.3, 0.4) is 0 Å². The summed E-state index contributed by atoms with van der Waals surface area (Å²) in [4.78, 5) is 4.45. The number of furan rings is 1. The highest BCUT2D eigenvalue weighted by Gasteiger charge is 2.19. The molecule has 0 aliphatic heterocycles. The second-order valence-corrected chi connectivity index (χ2v) is 8.47. The largest absolute Gasteiger partial charge is 0.461 e. The number of sulfonamides is 1. The van der Waals surface area contributed by atoms with E-state index in [2.05, 4.69) is 9.71 Å². The number of oxazole rings is 1. The van der Waals surface area contributed by atoms with Gasteiger partial charge in [-0.25, -0.2) is 18.1 Å². The molecule has 2 aromatic heterocycles. The van der Waals surface area contributed by atoms with Gasteiger partial charge in [0, 0.05) is 30.3 Å². The summed E-state index contributed by atoms with van der Waals surface area (Å²) in [5.41, 5.74) is 2.27. The molecule has 4 aromatic rings. The maximum absolute atomic E-state index is 12.7. The molecular weight excluding hydrogens is 376 g/mol. The summed E-state index contributed by atoms with van der Waals surface area (Å²) in [7, 11) is -3.64. The first-order chi connectivity index (χ1) is 13.4. The predicted octanol–water partition coefficient (Wildman–Crippen LogP) is 4.31. The number of benzene rings is 2. The highest BCUT2D eigenvalue weighted by molar-refractivity contribution is 7.89. The van der Waals surface area contributed by atoms with Gasteiger partial charge in [-0.15, -0.1) is 0 Å². The number of aromatic nitrogens is 1. The van der Waals surface area contributed by atoms with Crippen molar-refractivity contribution >= 4 is 21.0 Å². The molecule has 0 aliphatic carbocycles. The highest BCUT2D eigenvalue weighted by Crippen LogP contribution is 2.22. The fourth-order valence-corrected chi connectivity index (χ4v) is 4.36. The zero-order valence-corrected chi connectivity index (χ0v) is 16.4. The van der Waals surface area contributed by atoms with Crippen LogP contribution in [0, 0.1) is 6.92 Å². The van der Waals surface area contributed by atoms with Crippen molar-refractivity contribution in [3.05, 3.63) is 72.5 Å². The van der Waals surface area contributed by atoms with Crippen LogP contribution in [0.4, 0.5) is 0 Å². The summed E-state index contributed by atoms with van der Waals surface area (Å²) >= 11 is 0. The van der Waals surface area contributed by atoms with Crippen LogP contribution >= 0.6 is 0 Å². The predicted molar refractivity (Wildman–Crippen MR) is 106 cm³/mol. The zero-order chi connectivity index (χ0) is 19.7. The lowest BCUT2D eigenvalue weighted by Crippen LogP contribution is -2.34. The Morgan fingerprint density at radius 1 is 1.11 bits per heavy atom. The Labute approximate surface area is 163 Å². The first-order valence-electron chi connectivity index (χ1n) is 8.93. The van der Waals surface area contributed by atoms with E-state index >= 15 is 0 Å². The van der Waals surface area contributed by atoms with Gasteiger partial charge >= 0.3 is 0 Å². The molecule has 28 heavy (non-hydrogen) atoms. The number of fused-ring (bicyclic) bond motifs is 1. The van der Waals surface area contributed by atoms with Gasteiger partial charge in [-0.3, -0.25) is 0 Å². The lowest BCUT2D eigenvalue weighted by molar-refractivity contribution is 0.504. The smallest absolute Gasteiger partial charge is 0.240 e. The van der Waals surface area contributed by atoms with Crippen molar-refractivity contribution in [2.75, 3.05) is 0 Å². The molecule has 0 spiro atoms. The summed E-state index contributed by atoms with van der Waals surface area (Å²) in [5, 5.41) is 1.01. The SMILES string of the molecule is Cc1nc(-c2ccc(S(=O)(=O)NC(C)Cc3cc4ccccc4o3)cc2)co1. The number of rotatable bonds is 6. The molecule has 6 nitrogen and oxygen atoms in total. The van der Waals surface area contributed by atoms with E-state index < -0.39 is 10.0 Å². The third-order valence-corrected chi connectivity index (χ3v) is 6.03. The maximum atomic E-state index is 12.7. The molecule has 2 aromatic carbocycles. The molecule has 1 N–H and O–H groups in total. The van der Waals surface area contributed by atoms with Gasteiger partial charge in [0.25, 0.3) is 0 Å². The minimum absolute atomic E-state index is 0.202. The van der Waals surface area contributed by atoms with E-state index in [0.29, 0.717) is 18.0 Å². The van der Waals surface area contributed by atoms with Gasteiger partial charge in [0.2, 0.25) is 10.0 Å². The van der Waals surface area contributed by atoms with Crippen LogP contribution < -0.4 is 4.72 Å². The van der Waals surface area contributed by atoms with Crippen molar-refractivity contribution in [2.45, 2.75) is 31.2 Å². The van der Waals surface area contributed by atoms with Crippen molar-refractivity contribution in [1.29, 1.82) is 0 Å². The Bertz CT molecular complexity index is 1170. The molecule has 1 atom stereocenters. The normalized spacial score (nSPS) is 13.1. The molecule has 0 amide bonds. The van der Waals surface area contributed by atoms with Crippen LogP contribution in [0.1, 0.15) is 18.6 Å². The van der Waals surface area contributed by atoms with Gasteiger partial charge in [0.1, 0.15) is 23.3 Å².